The number of amides is 2. The third kappa shape index (κ3) is 3.86. The molecule has 0 bridgehead atoms. The first-order valence-corrected chi connectivity index (χ1v) is 8.55. The van der Waals surface area contributed by atoms with Gasteiger partial charge < -0.3 is 20.3 Å². The molecular formula is C19H16F2N4O4. The summed E-state index contributed by atoms with van der Waals surface area (Å²) < 4.78 is 29.2. The first-order chi connectivity index (χ1) is 13.7. The summed E-state index contributed by atoms with van der Waals surface area (Å²) in [6.07, 6.45) is 2.03. The summed E-state index contributed by atoms with van der Waals surface area (Å²) >= 11 is 0. The van der Waals surface area contributed by atoms with Crippen molar-refractivity contribution in [2.45, 2.75) is 18.4 Å². The number of carbonyl (C=O) groups excluding carboxylic acids is 3. The highest BCUT2D eigenvalue weighted by molar-refractivity contribution is 6.43. The van der Waals surface area contributed by atoms with Crippen LogP contribution >= 0.6 is 0 Å². The van der Waals surface area contributed by atoms with E-state index in [1.807, 2.05) is 0 Å². The highest BCUT2D eigenvalue weighted by Crippen LogP contribution is 2.34. The van der Waals surface area contributed by atoms with E-state index >= 15 is 0 Å². The lowest BCUT2D eigenvalue weighted by Gasteiger charge is -2.12. The van der Waals surface area contributed by atoms with Gasteiger partial charge in [-0.3, -0.25) is 14.4 Å². The Hall–Kier alpha value is -3.58. The van der Waals surface area contributed by atoms with Gasteiger partial charge in [-0.05, 0) is 31.0 Å². The summed E-state index contributed by atoms with van der Waals surface area (Å²) in [4.78, 5) is 36.8. The van der Waals surface area contributed by atoms with E-state index in [9.17, 15) is 28.3 Å². The molecule has 3 N–H and O–H groups in total. The molecule has 3 rings (SSSR count). The third-order valence-electron chi connectivity index (χ3n) is 4.67. The Balaban J connectivity index is 1.81. The molecule has 0 atom stereocenters. The number of hydrogen-bond donors (Lipinski definition) is 3. The molecule has 1 saturated carbocycles. The minimum absolute atomic E-state index is 0.0535. The monoisotopic (exact) mass is 402 g/mol. The number of aryl methyl sites for hydroxylation is 1. The van der Waals surface area contributed by atoms with Gasteiger partial charge in [0.25, 0.3) is 17.6 Å². The molecule has 1 heterocycles. The van der Waals surface area contributed by atoms with E-state index in [0.717, 1.165) is 22.9 Å². The number of anilines is 1. The van der Waals surface area contributed by atoms with Crippen LogP contribution in [0.3, 0.4) is 0 Å². The van der Waals surface area contributed by atoms with Crippen LogP contribution in [0, 0.1) is 23.0 Å². The first kappa shape index (κ1) is 20.2. The summed E-state index contributed by atoms with van der Waals surface area (Å²) in [5.74, 6) is -5.17. The number of nitriles is 1. The van der Waals surface area contributed by atoms with Crippen molar-refractivity contribution in [2.24, 2.45) is 7.05 Å². The van der Waals surface area contributed by atoms with E-state index in [4.69, 9.17) is 5.26 Å². The number of aromatic nitrogens is 1. The summed E-state index contributed by atoms with van der Waals surface area (Å²) in [5.41, 5.74) is -2.22. The molecule has 0 radical (unpaired) electrons. The second-order valence-electron chi connectivity index (χ2n) is 6.80. The topological polar surface area (TPSA) is 124 Å². The molecule has 2 amide bonds. The second-order valence-corrected chi connectivity index (χ2v) is 6.80. The highest BCUT2D eigenvalue weighted by Gasteiger charge is 2.45. The number of ketones is 1. The minimum Gasteiger partial charge on any atom is -0.394 e. The van der Waals surface area contributed by atoms with Crippen LogP contribution in [0.1, 0.15) is 39.3 Å². The van der Waals surface area contributed by atoms with E-state index in [1.54, 1.807) is 6.07 Å². The molecule has 1 aliphatic rings. The molecule has 1 fully saturated rings. The van der Waals surface area contributed by atoms with Crippen LogP contribution in [-0.2, 0) is 11.8 Å². The zero-order valence-corrected chi connectivity index (χ0v) is 15.3. The Labute approximate surface area is 163 Å². The van der Waals surface area contributed by atoms with Crippen LogP contribution in [0.25, 0.3) is 0 Å². The number of rotatable bonds is 6. The Morgan fingerprint density at radius 2 is 2.00 bits per heavy atom. The van der Waals surface area contributed by atoms with Gasteiger partial charge in [0.15, 0.2) is 5.82 Å². The molecule has 0 spiro atoms. The number of carbonyl (C=O) groups is 3. The maximum atomic E-state index is 14.8. The highest BCUT2D eigenvalue weighted by atomic mass is 19.1. The van der Waals surface area contributed by atoms with Crippen molar-refractivity contribution in [2.75, 3.05) is 11.9 Å². The predicted molar refractivity (Wildman–Crippen MR) is 96.0 cm³/mol. The van der Waals surface area contributed by atoms with Gasteiger partial charge in [0, 0.05) is 18.9 Å². The van der Waals surface area contributed by atoms with E-state index in [1.165, 1.54) is 13.1 Å². The molecule has 1 aromatic carbocycles. The second kappa shape index (κ2) is 7.44. The zero-order valence-electron chi connectivity index (χ0n) is 15.3. The number of Topliss-reactive ketones (excluding diaryl/α,β-unsaturated/α-hetero) is 1. The number of nitrogens with one attached hydrogen (secondary N) is 2. The number of halogens is 2. The molecule has 0 aliphatic heterocycles. The fraction of sp³-hybridized carbons (Fsp3) is 0.263. The van der Waals surface area contributed by atoms with Crippen molar-refractivity contribution in [1.82, 2.24) is 9.88 Å². The Morgan fingerprint density at radius 1 is 1.31 bits per heavy atom. The molecule has 0 saturated heterocycles. The molecule has 2 aromatic rings. The van der Waals surface area contributed by atoms with Crippen molar-refractivity contribution in [3.8, 4) is 6.07 Å². The zero-order chi connectivity index (χ0) is 21.3. The van der Waals surface area contributed by atoms with Gasteiger partial charge in [0.2, 0.25) is 0 Å². The molecular weight excluding hydrogens is 386 g/mol. The summed E-state index contributed by atoms with van der Waals surface area (Å²) in [5, 5.41) is 22.8. The van der Waals surface area contributed by atoms with Gasteiger partial charge in [-0.2, -0.15) is 5.26 Å². The minimum atomic E-state index is -1.19. The van der Waals surface area contributed by atoms with E-state index in [2.05, 4.69) is 10.6 Å². The first-order valence-electron chi connectivity index (χ1n) is 8.55. The predicted octanol–water partition coefficient (Wildman–Crippen LogP) is 1.25. The lowest BCUT2D eigenvalue weighted by atomic mass is 10.1. The van der Waals surface area contributed by atoms with Crippen LogP contribution < -0.4 is 10.6 Å². The van der Waals surface area contributed by atoms with Crippen molar-refractivity contribution in [3.05, 3.63) is 52.9 Å². The number of benzene rings is 1. The van der Waals surface area contributed by atoms with Crippen molar-refractivity contribution >= 4 is 23.3 Å². The lowest BCUT2D eigenvalue weighted by molar-refractivity contribution is -0.118. The average molecular weight is 402 g/mol. The van der Waals surface area contributed by atoms with Gasteiger partial charge in [-0.15, -0.1) is 0 Å². The van der Waals surface area contributed by atoms with E-state index < -0.39 is 46.0 Å². The number of aliphatic hydroxyl groups is 1. The lowest BCUT2D eigenvalue weighted by Crippen LogP contribution is -2.43. The molecule has 1 aromatic heterocycles. The van der Waals surface area contributed by atoms with Crippen molar-refractivity contribution in [3.63, 3.8) is 0 Å². The van der Waals surface area contributed by atoms with Crippen molar-refractivity contribution in [1.29, 1.82) is 5.26 Å². The molecule has 10 heteroatoms. The third-order valence-corrected chi connectivity index (χ3v) is 4.67. The molecule has 150 valence electrons. The maximum absolute atomic E-state index is 14.8. The Bertz CT molecular complexity index is 1070. The van der Waals surface area contributed by atoms with Crippen LogP contribution in [0.2, 0.25) is 0 Å². The standard InChI is InChI=1S/C19H16F2N4O4/c1-25-8-12(16(27)18(29)24-19(9-26)4-5-19)14(21)15(25)17(28)23-11-2-3-13(20)10(6-11)7-22/h2-3,6,8,26H,4-5,9H2,1H3,(H,23,28)(H,24,29). The van der Waals surface area contributed by atoms with Crippen LogP contribution in [0.5, 0.6) is 0 Å². The van der Waals surface area contributed by atoms with Crippen LogP contribution in [-0.4, -0.2) is 39.4 Å². The fourth-order valence-corrected chi connectivity index (χ4v) is 2.79. The summed E-state index contributed by atoms with van der Waals surface area (Å²) in [7, 11) is 1.31. The SMILES string of the molecule is Cn1cc(C(=O)C(=O)NC2(CO)CC2)c(F)c1C(=O)Nc1ccc(F)c(C#N)c1. The fourth-order valence-electron chi connectivity index (χ4n) is 2.79. The van der Waals surface area contributed by atoms with E-state index in [-0.39, 0.29) is 17.9 Å². The number of hydrogen-bond acceptors (Lipinski definition) is 5. The van der Waals surface area contributed by atoms with Crippen LogP contribution in [0.15, 0.2) is 24.4 Å². The Kier molecular flexibility index (Phi) is 5.18. The van der Waals surface area contributed by atoms with Crippen LogP contribution in [0.4, 0.5) is 14.5 Å². The molecule has 29 heavy (non-hydrogen) atoms. The van der Waals surface area contributed by atoms with Gasteiger partial charge in [0.05, 0.1) is 23.3 Å². The van der Waals surface area contributed by atoms with Gasteiger partial charge >= 0.3 is 0 Å². The quantitative estimate of drug-likeness (QED) is 0.496. The summed E-state index contributed by atoms with van der Waals surface area (Å²) in [6, 6.07) is 4.87. The largest absolute Gasteiger partial charge is 0.394 e. The maximum Gasteiger partial charge on any atom is 0.293 e. The smallest absolute Gasteiger partial charge is 0.293 e. The molecule has 8 nitrogen and oxygen atoms in total. The van der Waals surface area contributed by atoms with Crippen molar-refractivity contribution < 1.29 is 28.3 Å². The molecule has 1 aliphatic carbocycles. The summed E-state index contributed by atoms with van der Waals surface area (Å²) in [6.45, 7) is -0.334. The number of nitrogens with zero attached hydrogens (tertiary/aromatic N) is 2. The number of aliphatic hydroxyl groups excluding tert-OH is 1. The van der Waals surface area contributed by atoms with Gasteiger partial charge in [-0.1, -0.05) is 0 Å². The Morgan fingerprint density at radius 3 is 2.59 bits per heavy atom. The average Bonchev–Trinajstić information content (AvgIpc) is 3.40. The van der Waals surface area contributed by atoms with Gasteiger partial charge in [-0.25, -0.2) is 8.78 Å². The van der Waals surface area contributed by atoms with Gasteiger partial charge in [0.1, 0.15) is 17.6 Å². The van der Waals surface area contributed by atoms with E-state index in [0.29, 0.717) is 12.8 Å². The molecule has 0 unspecified atom stereocenters. The normalized spacial score (nSPS) is 14.0.